The van der Waals surface area contributed by atoms with E-state index in [2.05, 4.69) is 41.0 Å². The minimum atomic E-state index is -0.434. The summed E-state index contributed by atoms with van der Waals surface area (Å²) < 4.78 is 29.5. The van der Waals surface area contributed by atoms with Crippen LogP contribution in [0.15, 0.2) is 42.6 Å². The number of halogens is 1. The first-order valence-corrected chi connectivity index (χ1v) is 19.4. The predicted octanol–water partition coefficient (Wildman–Crippen LogP) is 7.78. The number of hydrogen-bond donors (Lipinski definition) is 0. The highest BCUT2D eigenvalue weighted by atomic mass is 19.1. The fraction of sp³-hybridized carbons (Fsp3) is 0.561. The van der Waals surface area contributed by atoms with Crippen LogP contribution in [-0.4, -0.2) is 88.4 Å². The van der Waals surface area contributed by atoms with Gasteiger partial charge < -0.3 is 19.3 Å². The number of pyridine rings is 1. The fourth-order valence-corrected chi connectivity index (χ4v) is 10.1. The highest BCUT2D eigenvalue weighted by molar-refractivity contribution is 6.00. The van der Waals surface area contributed by atoms with Gasteiger partial charge in [0.25, 0.3) is 0 Å². The van der Waals surface area contributed by atoms with Crippen molar-refractivity contribution in [2.45, 2.75) is 89.1 Å². The minimum absolute atomic E-state index is 0.168. The average molecular weight is 693 g/mol. The second-order valence-electron chi connectivity index (χ2n) is 15.8. The van der Waals surface area contributed by atoms with Crippen molar-refractivity contribution in [3.8, 4) is 17.3 Å². The van der Waals surface area contributed by atoms with Crippen molar-refractivity contribution in [3.63, 3.8) is 0 Å². The second-order valence-corrected chi connectivity index (χ2v) is 15.8. The first kappa shape index (κ1) is 32.8. The number of carbonyl (C=O) groups excluding carboxylic acids is 1. The Bertz CT molecular complexity index is 1930. The Labute approximate surface area is 299 Å². The Balaban J connectivity index is 1.03. The first-order valence-electron chi connectivity index (χ1n) is 19.4. The lowest BCUT2D eigenvalue weighted by Gasteiger charge is -2.35. The van der Waals surface area contributed by atoms with E-state index in [-0.39, 0.29) is 29.2 Å². The lowest BCUT2D eigenvalue weighted by atomic mass is 9.95. The van der Waals surface area contributed by atoms with Gasteiger partial charge in [0.1, 0.15) is 30.2 Å². The van der Waals surface area contributed by atoms with Crippen LogP contribution >= 0.6 is 0 Å². The lowest BCUT2D eigenvalue weighted by Crippen LogP contribution is -2.48. The molecule has 9 nitrogen and oxygen atoms in total. The highest BCUT2D eigenvalue weighted by Crippen LogP contribution is 2.44. The largest absolute Gasteiger partial charge is 0.461 e. The zero-order chi connectivity index (χ0) is 34.5. The van der Waals surface area contributed by atoms with Gasteiger partial charge in [0, 0.05) is 44.0 Å². The number of benzene rings is 2. The molecule has 5 fully saturated rings. The van der Waals surface area contributed by atoms with E-state index in [1.807, 2.05) is 17.0 Å². The van der Waals surface area contributed by atoms with E-state index < -0.39 is 5.82 Å². The standard InChI is InChI=1S/C41H49FN6O3/c1-2-29-9-6-10-30-11-7-12-32(34(29)30)36-35(42)37-33(22-43-36)38(47-23-27-13-14-28(21-27)24-47)45-39(44-37)51-26-41-16-8-20-48(41)31(15-17-41)25-50-40(49)46-18-4-3-5-19-46/h6-7,9-12,22,27-28,31H,2-5,8,13-21,23-26H2,1H3/t27?,28?,31-,41-/m1/s1. The SMILES string of the molecule is CCc1cccc2cccc(-c3ncc4c(N5CC6CCC(C6)C5)nc(OC[C@]56CCCN5[C@@H](COC(=O)N5CCCCC5)CC6)nc4c3F)c12. The van der Waals surface area contributed by atoms with Crippen LogP contribution in [0, 0.1) is 17.7 Å². The lowest BCUT2D eigenvalue weighted by molar-refractivity contribution is 0.0420. The summed E-state index contributed by atoms with van der Waals surface area (Å²) in [5.74, 6) is 1.55. The zero-order valence-corrected chi connectivity index (χ0v) is 29.8. The van der Waals surface area contributed by atoms with Gasteiger partial charge in [-0.15, -0.1) is 0 Å². The number of carbonyl (C=O) groups is 1. The number of anilines is 1. The van der Waals surface area contributed by atoms with Crippen LogP contribution in [-0.2, 0) is 11.2 Å². The van der Waals surface area contributed by atoms with E-state index in [9.17, 15) is 4.79 Å². The Kier molecular flexibility index (Phi) is 8.69. The van der Waals surface area contributed by atoms with E-state index in [1.165, 1.54) is 25.7 Å². The molecule has 9 rings (SSSR count). The van der Waals surface area contributed by atoms with Crippen molar-refractivity contribution in [2.24, 2.45) is 11.8 Å². The number of ether oxygens (including phenoxy) is 2. The minimum Gasteiger partial charge on any atom is -0.461 e. The van der Waals surface area contributed by atoms with Crippen LogP contribution in [0.4, 0.5) is 15.0 Å². The molecule has 0 radical (unpaired) electrons. The Morgan fingerprint density at radius 2 is 1.76 bits per heavy atom. The van der Waals surface area contributed by atoms with E-state index >= 15 is 4.39 Å². The van der Waals surface area contributed by atoms with E-state index in [0.717, 1.165) is 105 Å². The van der Waals surface area contributed by atoms with Gasteiger partial charge in [-0.05, 0) is 105 Å². The molecule has 5 aliphatic rings. The van der Waals surface area contributed by atoms with E-state index in [0.29, 0.717) is 36.1 Å². The molecule has 4 aliphatic heterocycles. The quantitative estimate of drug-likeness (QED) is 0.185. The normalized spacial score (nSPS) is 26.3. The Hall–Kier alpha value is -4.05. The number of piperidine rings is 2. The molecular weight excluding hydrogens is 643 g/mol. The summed E-state index contributed by atoms with van der Waals surface area (Å²) in [6.07, 6.45) is 13.4. The van der Waals surface area contributed by atoms with Crippen LogP contribution in [0.5, 0.6) is 6.01 Å². The van der Waals surface area contributed by atoms with Gasteiger partial charge in [-0.1, -0.05) is 43.3 Å². The highest BCUT2D eigenvalue weighted by Gasteiger charge is 2.50. The van der Waals surface area contributed by atoms with Crippen LogP contribution in [0.1, 0.15) is 76.7 Å². The number of amides is 1. The molecule has 2 bridgehead atoms. The number of nitrogens with zero attached hydrogens (tertiary/aromatic N) is 6. The summed E-state index contributed by atoms with van der Waals surface area (Å²) in [6.45, 7) is 7.29. The molecule has 2 aromatic carbocycles. The monoisotopic (exact) mass is 692 g/mol. The third kappa shape index (κ3) is 5.97. The third-order valence-corrected chi connectivity index (χ3v) is 12.7. The molecule has 1 aliphatic carbocycles. The summed E-state index contributed by atoms with van der Waals surface area (Å²) in [4.78, 5) is 34.1. The molecule has 1 amide bonds. The van der Waals surface area contributed by atoms with Crippen molar-refractivity contribution in [2.75, 3.05) is 50.8 Å². The molecule has 4 aromatic rings. The van der Waals surface area contributed by atoms with Crippen molar-refractivity contribution in [1.82, 2.24) is 24.8 Å². The van der Waals surface area contributed by atoms with Crippen molar-refractivity contribution in [1.29, 1.82) is 0 Å². The number of aryl methyl sites for hydroxylation is 1. The molecule has 4 saturated heterocycles. The number of likely N-dealkylation sites (tertiary alicyclic amines) is 1. The maximum absolute atomic E-state index is 17.0. The predicted molar refractivity (Wildman–Crippen MR) is 197 cm³/mol. The molecule has 1 saturated carbocycles. The van der Waals surface area contributed by atoms with Gasteiger partial charge in [0.05, 0.1) is 10.9 Å². The van der Waals surface area contributed by atoms with Crippen LogP contribution < -0.4 is 9.64 Å². The first-order chi connectivity index (χ1) is 25.0. The van der Waals surface area contributed by atoms with Crippen LogP contribution in [0.25, 0.3) is 32.9 Å². The Morgan fingerprint density at radius 1 is 0.961 bits per heavy atom. The van der Waals surface area contributed by atoms with E-state index in [1.54, 1.807) is 6.20 Å². The number of aromatic nitrogens is 3. The zero-order valence-electron chi connectivity index (χ0n) is 29.8. The van der Waals surface area contributed by atoms with Gasteiger partial charge in [-0.25, -0.2) is 9.18 Å². The fourth-order valence-electron chi connectivity index (χ4n) is 10.1. The molecule has 51 heavy (non-hydrogen) atoms. The van der Waals surface area contributed by atoms with Gasteiger partial charge in [-0.2, -0.15) is 9.97 Å². The summed E-state index contributed by atoms with van der Waals surface area (Å²) in [5.41, 5.74) is 2.34. The molecule has 0 N–H and O–H groups in total. The average Bonchev–Trinajstić information content (AvgIpc) is 3.85. The number of fused-ring (bicyclic) bond motifs is 5. The summed E-state index contributed by atoms with van der Waals surface area (Å²) in [7, 11) is 0. The molecule has 4 atom stereocenters. The maximum atomic E-state index is 17.0. The van der Waals surface area contributed by atoms with Gasteiger partial charge in [0.15, 0.2) is 5.82 Å². The number of rotatable bonds is 8. The second kappa shape index (κ2) is 13.5. The topological polar surface area (TPSA) is 83.9 Å². The Morgan fingerprint density at radius 3 is 2.57 bits per heavy atom. The molecule has 6 heterocycles. The van der Waals surface area contributed by atoms with Crippen molar-refractivity contribution < 1.29 is 18.7 Å². The summed E-state index contributed by atoms with van der Waals surface area (Å²) in [5, 5.41) is 2.74. The molecule has 2 aromatic heterocycles. The maximum Gasteiger partial charge on any atom is 0.409 e. The number of hydrogen-bond acceptors (Lipinski definition) is 8. The molecule has 268 valence electrons. The van der Waals surface area contributed by atoms with Gasteiger partial charge in [0.2, 0.25) is 0 Å². The summed E-state index contributed by atoms with van der Waals surface area (Å²) >= 11 is 0. The summed E-state index contributed by atoms with van der Waals surface area (Å²) in [6, 6.07) is 12.7. The van der Waals surface area contributed by atoms with Crippen molar-refractivity contribution >= 4 is 33.6 Å². The molecule has 2 unspecified atom stereocenters. The van der Waals surface area contributed by atoms with Gasteiger partial charge >= 0.3 is 12.1 Å². The molecule has 0 spiro atoms. The van der Waals surface area contributed by atoms with Crippen molar-refractivity contribution in [3.05, 3.63) is 54.0 Å². The third-order valence-electron chi connectivity index (χ3n) is 12.7. The smallest absolute Gasteiger partial charge is 0.409 e. The molecular formula is C41H49FN6O3. The van der Waals surface area contributed by atoms with Crippen LogP contribution in [0.3, 0.4) is 0 Å². The van der Waals surface area contributed by atoms with Gasteiger partial charge in [-0.3, -0.25) is 9.88 Å². The molecule has 10 heteroatoms. The van der Waals surface area contributed by atoms with Crippen LogP contribution in [0.2, 0.25) is 0 Å². The van der Waals surface area contributed by atoms with E-state index in [4.69, 9.17) is 24.4 Å².